The molecule has 26 heavy (non-hydrogen) atoms. The number of ether oxygens (including phenoxy) is 2. The number of esters is 2. The third-order valence-corrected chi connectivity index (χ3v) is 4.27. The molecule has 1 aromatic heterocycles. The van der Waals surface area contributed by atoms with Crippen LogP contribution in [0.25, 0.3) is 16.6 Å². The van der Waals surface area contributed by atoms with Crippen LogP contribution in [0, 0.1) is 13.8 Å². The first kappa shape index (κ1) is 17.7. The van der Waals surface area contributed by atoms with E-state index in [1.807, 2.05) is 48.7 Å². The van der Waals surface area contributed by atoms with Crippen LogP contribution in [-0.2, 0) is 9.53 Å². The van der Waals surface area contributed by atoms with Gasteiger partial charge < -0.3 is 14.0 Å². The highest BCUT2D eigenvalue weighted by atomic mass is 16.5. The molecule has 0 N–H and O–H groups in total. The average molecular weight is 351 g/mol. The summed E-state index contributed by atoms with van der Waals surface area (Å²) in [5.41, 5.74) is 4.21. The lowest BCUT2D eigenvalue weighted by Gasteiger charge is -2.12. The van der Waals surface area contributed by atoms with Crippen molar-refractivity contribution < 1.29 is 19.1 Å². The van der Waals surface area contributed by atoms with E-state index in [4.69, 9.17) is 9.47 Å². The molecule has 0 atom stereocenters. The van der Waals surface area contributed by atoms with Crippen LogP contribution in [0.15, 0.2) is 42.5 Å². The molecule has 0 radical (unpaired) electrons. The molecule has 0 aliphatic carbocycles. The number of para-hydroxylation sites is 1. The molecule has 0 fully saturated rings. The van der Waals surface area contributed by atoms with Gasteiger partial charge in [0.2, 0.25) is 0 Å². The minimum atomic E-state index is -0.405. The van der Waals surface area contributed by atoms with Crippen molar-refractivity contribution in [2.45, 2.75) is 27.7 Å². The minimum Gasteiger partial charge on any atom is -0.462 e. The molecule has 0 spiro atoms. The lowest BCUT2D eigenvalue weighted by molar-refractivity contribution is -0.131. The number of carbonyl (C=O) groups excluding carboxylic acids is 2. The molecule has 3 rings (SSSR count). The summed E-state index contributed by atoms with van der Waals surface area (Å²) in [5, 5.41) is 0.697. The summed E-state index contributed by atoms with van der Waals surface area (Å²) in [7, 11) is 0. The Bertz CT molecular complexity index is 1000. The van der Waals surface area contributed by atoms with Crippen LogP contribution < -0.4 is 4.74 Å². The van der Waals surface area contributed by atoms with Crippen LogP contribution in [0.5, 0.6) is 5.75 Å². The molecule has 3 aromatic rings. The zero-order chi connectivity index (χ0) is 18.8. The average Bonchev–Trinajstić information content (AvgIpc) is 2.86. The predicted octanol–water partition coefficient (Wildman–Crippen LogP) is 4.35. The maximum atomic E-state index is 12.6. The van der Waals surface area contributed by atoms with Gasteiger partial charge in [0.15, 0.2) is 0 Å². The van der Waals surface area contributed by atoms with Crippen molar-refractivity contribution in [3.8, 4) is 11.4 Å². The predicted molar refractivity (Wildman–Crippen MR) is 100 cm³/mol. The van der Waals surface area contributed by atoms with Gasteiger partial charge in [-0.15, -0.1) is 0 Å². The number of nitrogens with zero attached hydrogens (tertiary/aromatic N) is 1. The van der Waals surface area contributed by atoms with Crippen LogP contribution in [0.1, 0.15) is 35.5 Å². The molecular formula is C21H21NO4. The highest BCUT2D eigenvalue weighted by Crippen LogP contribution is 2.33. The first-order valence-electron chi connectivity index (χ1n) is 8.50. The van der Waals surface area contributed by atoms with E-state index in [0.717, 1.165) is 22.5 Å². The van der Waals surface area contributed by atoms with Crippen molar-refractivity contribution in [2.75, 3.05) is 6.61 Å². The Morgan fingerprint density at radius 3 is 2.46 bits per heavy atom. The van der Waals surface area contributed by atoms with E-state index in [9.17, 15) is 9.59 Å². The molecule has 0 bridgehead atoms. The number of rotatable bonds is 4. The first-order chi connectivity index (χ1) is 12.4. The molecule has 134 valence electrons. The fourth-order valence-corrected chi connectivity index (χ4v) is 3.21. The van der Waals surface area contributed by atoms with Gasteiger partial charge in [-0.05, 0) is 50.6 Å². The number of aryl methyl sites for hydroxylation is 1. The van der Waals surface area contributed by atoms with Gasteiger partial charge in [-0.1, -0.05) is 18.2 Å². The van der Waals surface area contributed by atoms with E-state index in [0.29, 0.717) is 23.3 Å². The summed E-state index contributed by atoms with van der Waals surface area (Å²) in [6, 6.07) is 13.3. The number of benzene rings is 2. The van der Waals surface area contributed by atoms with Crippen LogP contribution in [0.3, 0.4) is 0 Å². The van der Waals surface area contributed by atoms with Gasteiger partial charge in [-0.3, -0.25) is 4.79 Å². The van der Waals surface area contributed by atoms with Crippen LogP contribution >= 0.6 is 0 Å². The maximum Gasteiger partial charge on any atom is 0.340 e. The Balaban J connectivity index is 2.32. The maximum absolute atomic E-state index is 12.6. The third-order valence-electron chi connectivity index (χ3n) is 4.27. The smallest absolute Gasteiger partial charge is 0.340 e. The minimum absolute atomic E-state index is 0.291. The van der Waals surface area contributed by atoms with Crippen molar-refractivity contribution in [3.63, 3.8) is 0 Å². The van der Waals surface area contributed by atoms with Gasteiger partial charge in [-0.2, -0.15) is 0 Å². The highest BCUT2D eigenvalue weighted by molar-refractivity contribution is 6.07. The second kappa shape index (κ2) is 7.04. The highest BCUT2D eigenvalue weighted by Gasteiger charge is 2.23. The second-order valence-corrected chi connectivity index (χ2v) is 6.08. The number of carbonyl (C=O) groups is 2. The topological polar surface area (TPSA) is 57.5 Å². The van der Waals surface area contributed by atoms with E-state index in [1.54, 1.807) is 19.1 Å². The van der Waals surface area contributed by atoms with E-state index >= 15 is 0 Å². The summed E-state index contributed by atoms with van der Waals surface area (Å²) >= 11 is 0. The molecule has 5 nitrogen and oxygen atoms in total. The molecule has 0 unspecified atom stereocenters. The third kappa shape index (κ3) is 3.08. The molecule has 0 aliphatic heterocycles. The Morgan fingerprint density at radius 2 is 1.81 bits per heavy atom. The number of aromatic nitrogens is 1. The van der Waals surface area contributed by atoms with E-state index < -0.39 is 5.97 Å². The largest absolute Gasteiger partial charge is 0.462 e. The Kier molecular flexibility index (Phi) is 4.80. The summed E-state index contributed by atoms with van der Waals surface area (Å²) in [6.07, 6.45) is 0. The number of hydrogen-bond acceptors (Lipinski definition) is 4. The van der Waals surface area contributed by atoms with E-state index in [2.05, 4.69) is 0 Å². The molecule has 0 amide bonds. The zero-order valence-electron chi connectivity index (χ0n) is 15.3. The van der Waals surface area contributed by atoms with Crippen molar-refractivity contribution in [3.05, 3.63) is 59.3 Å². The number of fused-ring (bicyclic) bond motifs is 1. The van der Waals surface area contributed by atoms with Gasteiger partial charge >= 0.3 is 11.9 Å². The SMILES string of the molecule is CCOC(=O)c1c(C)n(-c2ccccc2C)c2ccc(OC(C)=O)cc12. The quantitative estimate of drug-likeness (QED) is 0.518. The fourth-order valence-electron chi connectivity index (χ4n) is 3.21. The van der Waals surface area contributed by atoms with Crippen molar-refractivity contribution in [1.82, 2.24) is 4.57 Å². The van der Waals surface area contributed by atoms with E-state index in [-0.39, 0.29) is 5.97 Å². The lowest BCUT2D eigenvalue weighted by atomic mass is 10.1. The molecule has 5 heteroatoms. The van der Waals surface area contributed by atoms with Crippen molar-refractivity contribution in [2.24, 2.45) is 0 Å². The second-order valence-electron chi connectivity index (χ2n) is 6.08. The summed E-state index contributed by atoms with van der Waals surface area (Å²) in [4.78, 5) is 23.9. The van der Waals surface area contributed by atoms with Crippen molar-refractivity contribution >= 4 is 22.8 Å². The molecule has 0 saturated heterocycles. The zero-order valence-corrected chi connectivity index (χ0v) is 15.3. The molecule has 1 heterocycles. The normalized spacial score (nSPS) is 10.8. The summed E-state index contributed by atoms with van der Waals surface area (Å²) in [6.45, 7) is 7.33. The van der Waals surface area contributed by atoms with Gasteiger partial charge in [0.05, 0.1) is 17.7 Å². The Hall–Kier alpha value is -3.08. The van der Waals surface area contributed by atoms with Gasteiger partial charge in [0.25, 0.3) is 0 Å². The van der Waals surface area contributed by atoms with Crippen molar-refractivity contribution in [1.29, 1.82) is 0 Å². The van der Waals surface area contributed by atoms with Crippen LogP contribution in [-0.4, -0.2) is 23.1 Å². The fraction of sp³-hybridized carbons (Fsp3) is 0.238. The first-order valence-corrected chi connectivity index (χ1v) is 8.50. The summed E-state index contributed by atoms with van der Waals surface area (Å²) in [5.74, 6) is -0.392. The summed E-state index contributed by atoms with van der Waals surface area (Å²) < 4.78 is 12.5. The van der Waals surface area contributed by atoms with Gasteiger partial charge in [-0.25, -0.2) is 4.79 Å². The molecule has 0 aliphatic rings. The monoisotopic (exact) mass is 351 g/mol. The van der Waals surface area contributed by atoms with Gasteiger partial charge in [0, 0.05) is 23.7 Å². The Labute approximate surface area is 152 Å². The van der Waals surface area contributed by atoms with Crippen LogP contribution in [0.4, 0.5) is 0 Å². The van der Waals surface area contributed by atoms with Gasteiger partial charge in [0.1, 0.15) is 5.75 Å². The Morgan fingerprint density at radius 1 is 1.08 bits per heavy atom. The molecule has 2 aromatic carbocycles. The number of hydrogen-bond donors (Lipinski definition) is 0. The lowest BCUT2D eigenvalue weighted by Crippen LogP contribution is -2.07. The molecular weight excluding hydrogens is 330 g/mol. The van der Waals surface area contributed by atoms with E-state index in [1.165, 1.54) is 6.92 Å². The molecule has 0 saturated carbocycles. The standard InChI is InChI=1S/C21H21NO4/c1-5-25-21(24)20-14(3)22(18-9-7-6-8-13(18)2)19-11-10-16(12-17(19)20)26-15(4)23/h6-12H,5H2,1-4H3. The van der Waals surface area contributed by atoms with Crippen LogP contribution in [0.2, 0.25) is 0 Å².